The van der Waals surface area contributed by atoms with Gasteiger partial charge < -0.3 is 4.90 Å². The van der Waals surface area contributed by atoms with E-state index in [0.29, 0.717) is 18.4 Å². The summed E-state index contributed by atoms with van der Waals surface area (Å²) in [6.07, 6.45) is 2.97. The van der Waals surface area contributed by atoms with Gasteiger partial charge in [0.15, 0.2) is 5.82 Å². The molecule has 8 heteroatoms. The zero-order valence-electron chi connectivity index (χ0n) is 13.5. The Kier molecular flexibility index (Phi) is 3.91. The molecule has 0 N–H and O–H groups in total. The van der Waals surface area contributed by atoms with Gasteiger partial charge in [-0.15, -0.1) is 5.10 Å². The minimum absolute atomic E-state index is 0.0938. The van der Waals surface area contributed by atoms with Gasteiger partial charge in [0.1, 0.15) is 5.25 Å². The first-order valence-corrected chi connectivity index (χ1v) is 9.56. The Labute approximate surface area is 142 Å². The molecule has 2 atom stereocenters. The van der Waals surface area contributed by atoms with Crippen LogP contribution in [0.2, 0.25) is 0 Å². The fraction of sp³-hybridized carbons (Fsp3) is 0.500. The summed E-state index contributed by atoms with van der Waals surface area (Å²) in [5.74, 6) is 0.729. The molecule has 2 aliphatic rings. The number of nitrogens with zero attached hydrogens (tertiary/aromatic N) is 5. The third-order valence-electron chi connectivity index (χ3n) is 4.62. The van der Waals surface area contributed by atoms with Gasteiger partial charge in [0.2, 0.25) is 5.91 Å². The Morgan fingerprint density at radius 3 is 2.96 bits per heavy atom. The lowest BCUT2D eigenvalue weighted by molar-refractivity contribution is -0.117. The van der Waals surface area contributed by atoms with Crippen LogP contribution >= 0.6 is 0 Å². The zero-order valence-corrected chi connectivity index (χ0v) is 14.3. The summed E-state index contributed by atoms with van der Waals surface area (Å²) in [5.41, 5.74) is 2.11. The Morgan fingerprint density at radius 2 is 2.17 bits per heavy atom. The van der Waals surface area contributed by atoms with Crippen molar-refractivity contribution in [3.63, 3.8) is 0 Å². The summed E-state index contributed by atoms with van der Waals surface area (Å²) in [6, 6.07) is 8.22. The van der Waals surface area contributed by atoms with Crippen LogP contribution in [0, 0.1) is 0 Å². The second kappa shape index (κ2) is 6.08. The zero-order chi connectivity index (χ0) is 16.7. The Balaban J connectivity index is 1.47. The molecule has 1 fully saturated rings. The number of benzene rings is 1. The number of fused-ring (bicyclic) bond motifs is 1. The fourth-order valence-electron chi connectivity index (χ4n) is 3.06. The van der Waals surface area contributed by atoms with Crippen LogP contribution in [0.3, 0.4) is 0 Å². The summed E-state index contributed by atoms with van der Waals surface area (Å²) < 4.78 is 14.4. The molecule has 126 valence electrons. The van der Waals surface area contributed by atoms with Gasteiger partial charge in [-0.3, -0.25) is 9.00 Å². The van der Waals surface area contributed by atoms with Crippen LogP contribution < -0.4 is 4.90 Å². The predicted octanol–water partition coefficient (Wildman–Crippen LogP) is 1.23. The Hall–Kier alpha value is -2.09. The van der Waals surface area contributed by atoms with Crippen molar-refractivity contribution in [2.24, 2.45) is 0 Å². The van der Waals surface area contributed by atoms with E-state index in [4.69, 9.17) is 0 Å². The quantitative estimate of drug-likeness (QED) is 0.814. The smallest absolute Gasteiger partial charge is 0.242 e. The Morgan fingerprint density at radius 1 is 1.38 bits per heavy atom. The van der Waals surface area contributed by atoms with Crippen LogP contribution in [0.1, 0.15) is 37.2 Å². The van der Waals surface area contributed by atoms with E-state index >= 15 is 0 Å². The van der Waals surface area contributed by atoms with Crippen LogP contribution in [0.15, 0.2) is 24.3 Å². The molecule has 1 aromatic heterocycles. The van der Waals surface area contributed by atoms with E-state index in [9.17, 15) is 9.00 Å². The second-order valence-electron chi connectivity index (χ2n) is 6.31. The number of anilines is 1. The first kappa shape index (κ1) is 15.4. The molecule has 4 rings (SSSR count). The topological polar surface area (TPSA) is 81.0 Å². The molecular weight excluding hydrogens is 326 g/mol. The van der Waals surface area contributed by atoms with E-state index in [2.05, 4.69) is 15.5 Å². The molecule has 0 saturated heterocycles. The van der Waals surface area contributed by atoms with Gasteiger partial charge in [0.05, 0.1) is 11.8 Å². The third kappa shape index (κ3) is 2.75. The van der Waals surface area contributed by atoms with Gasteiger partial charge in [0.25, 0.3) is 0 Å². The molecule has 1 saturated carbocycles. The summed E-state index contributed by atoms with van der Waals surface area (Å²) in [5, 5.41) is 11.0. The second-order valence-corrected chi connectivity index (χ2v) is 8.06. The van der Waals surface area contributed by atoms with E-state index < -0.39 is 16.0 Å². The normalized spacial score (nSPS) is 19.1. The first-order chi connectivity index (χ1) is 11.6. The highest BCUT2D eigenvalue weighted by molar-refractivity contribution is 7.85. The van der Waals surface area contributed by atoms with Crippen molar-refractivity contribution >= 4 is 22.4 Å². The number of carbonyl (C=O) groups is 1. The minimum Gasteiger partial charge on any atom is -0.311 e. The van der Waals surface area contributed by atoms with Crippen molar-refractivity contribution in [3.05, 3.63) is 35.7 Å². The van der Waals surface area contributed by atoms with E-state index in [1.165, 1.54) is 5.56 Å². The van der Waals surface area contributed by atoms with Gasteiger partial charge in [-0.25, -0.2) is 4.68 Å². The highest BCUT2D eigenvalue weighted by Crippen LogP contribution is 2.34. The maximum atomic E-state index is 12.8. The molecule has 2 heterocycles. The third-order valence-corrected chi connectivity index (χ3v) is 6.15. The van der Waals surface area contributed by atoms with Crippen molar-refractivity contribution < 1.29 is 9.00 Å². The van der Waals surface area contributed by atoms with Crippen LogP contribution in [0.4, 0.5) is 5.69 Å². The largest absolute Gasteiger partial charge is 0.311 e. The molecule has 1 aliphatic carbocycles. The molecule has 1 aromatic carbocycles. The number of para-hydroxylation sites is 1. The maximum Gasteiger partial charge on any atom is 0.242 e. The average molecular weight is 345 g/mol. The lowest BCUT2D eigenvalue weighted by atomic mass is 10.2. The van der Waals surface area contributed by atoms with Crippen LogP contribution in [0.5, 0.6) is 0 Å². The Bertz CT molecular complexity index is 801. The lowest BCUT2D eigenvalue weighted by Gasteiger charge is -2.21. The fourth-order valence-corrected chi connectivity index (χ4v) is 4.11. The van der Waals surface area contributed by atoms with E-state index in [0.717, 1.165) is 24.9 Å². The number of amides is 1. The van der Waals surface area contributed by atoms with Gasteiger partial charge in [-0.2, -0.15) is 0 Å². The highest BCUT2D eigenvalue weighted by atomic mass is 32.2. The maximum absolute atomic E-state index is 12.8. The molecule has 1 amide bonds. The molecular formula is C16H19N5O2S. The number of hydrogen-bond acceptors (Lipinski definition) is 5. The monoisotopic (exact) mass is 345 g/mol. The van der Waals surface area contributed by atoms with Gasteiger partial charge in [0, 0.05) is 23.0 Å². The molecule has 0 spiro atoms. The molecule has 0 radical (unpaired) electrons. The van der Waals surface area contributed by atoms with E-state index in [1.54, 1.807) is 16.5 Å². The van der Waals surface area contributed by atoms with Crippen molar-refractivity contribution in [2.75, 3.05) is 11.4 Å². The highest BCUT2D eigenvalue weighted by Gasteiger charge is 2.33. The lowest BCUT2D eigenvalue weighted by Crippen LogP contribution is -2.39. The number of carbonyl (C=O) groups excluding carboxylic acids is 1. The van der Waals surface area contributed by atoms with Gasteiger partial charge in [-0.05, 0) is 48.2 Å². The minimum atomic E-state index is -1.35. The van der Waals surface area contributed by atoms with Gasteiger partial charge in [-0.1, -0.05) is 18.2 Å². The summed E-state index contributed by atoms with van der Waals surface area (Å²) in [6.45, 7) is 2.38. The summed E-state index contributed by atoms with van der Waals surface area (Å²) in [4.78, 5) is 14.5. The van der Waals surface area contributed by atoms with Crippen molar-refractivity contribution in [1.82, 2.24) is 20.2 Å². The van der Waals surface area contributed by atoms with Crippen LogP contribution in [-0.2, 0) is 27.8 Å². The predicted molar refractivity (Wildman–Crippen MR) is 89.9 cm³/mol. The standard InChI is InChI=1S/C16H19N5O2S/c1-11(16(22)20-9-8-12-4-2-3-5-14(12)20)24(23)10-15-17-18-19-21(15)13-6-7-13/h2-5,11,13H,6-10H2,1H3. The van der Waals surface area contributed by atoms with Crippen LogP contribution in [0.25, 0.3) is 0 Å². The number of aromatic nitrogens is 4. The van der Waals surface area contributed by atoms with Gasteiger partial charge >= 0.3 is 0 Å². The molecule has 2 aromatic rings. The molecule has 0 bridgehead atoms. The summed E-state index contributed by atoms with van der Waals surface area (Å²) >= 11 is 0. The average Bonchev–Trinajstić information content (AvgIpc) is 3.18. The van der Waals surface area contributed by atoms with Crippen molar-refractivity contribution in [3.8, 4) is 0 Å². The van der Waals surface area contributed by atoms with Crippen LogP contribution in [-0.4, -0.2) is 42.1 Å². The summed E-state index contributed by atoms with van der Waals surface area (Å²) in [7, 11) is -1.35. The number of hydrogen-bond donors (Lipinski definition) is 0. The van der Waals surface area contributed by atoms with Crippen molar-refractivity contribution in [2.45, 2.75) is 43.2 Å². The molecule has 24 heavy (non-hydrogen) atoms. The molecule has 1 aliphatic heterocycles. The molecule has 2 unspecified atom stereocenters. The molecule has 7 nitrogen and oxygen atoms in total. The number of tetrazole rings is 1. The first-order valence-electron chi connectivity index (χ1n) is 8.18. The van der Waals surface area contributed by atoms with E-state index in [1.807, 2.05) is 24.3 Å². The van der Waals surface area contributed by atoms with Crippen molar-refractivity contribution in [1.29, 1.82) is 0 Å². The SMILES string of the molecule is CC(C(=O)N1CCc2ccccc21)S(=O)Cc1nnnn1C1CC1. The van der Waals surface area contributed by atoms with E-state index in [-0.39, 0.29) is 11.7 Å². The number of rotatable bonds is 5.